The predicted molar refractivity (Wildman–Crippen MR) is 61.2 cm³/mol. The van der Waals surface area contributed by atoms with Gasteiger partial charge in [0.25, 0.3) is 0 Å². The summed E-state index contributed by atoms with van der Waals surface area (Å²) in [4.78, 5) is 0. The molecule has 1 saturated carbocycles. The van der Waals surface area contributed by atoms with E-state index in [0.717, 1.165) is 12.8 Å². The number of allylic oxidation sites excluding steroid dienone is 1. The molecule has 1 rings (SSSR count). The van der Waals surface area contributed by atoms with Crippen LogP contribution in [0.2, 0.25) is 0 Å². The van der Waals surface area contributed by atoms with Crippen LogP contribution in [0.4, 0.5) is 0 Å². The minimum atomic E-state index is -0.0738. The Bertz CT molecular complexity index is 159. The Kier molecular flexibility index (Phi) is 5.24. The van der Waals surface area contributed by atoms with Crippen molar-refractivity contribution in [3.05, 3.63) is 12.7 Å². The Morgan fingerprint density at radius 2 is 2.00 bits per heavy atom. The van der Waals surface area contributed by atoms with E-state index < -0.39 is 0 Å². The molecule has 1 fully saturated rings. The molecule has 0 aliphatic heterocycles. The summed E-state index contributed by atoms with van der Waals surface area (Å²) in [5, 5.41) is 10.1. The van der Waals surface area contributed by atoms with Gasteiger partial charge in [-0.2, -0.15) is 0 Å². The largest absolute Gasteiger partial charge is 0.393 e. The van der Waals surface area contributed by atoms with E-state index in [1.807, 2.05) is 6.08 Å². The van der Waals surface area contributed by atoms with Crippen LogP contribution in [0.25, 0.3) is 0 Å². The first-order valence-electron chi connectivity index (χ1n) is 6.04. The zero-order valence-electron chi connectivity index (χ0n) is 9.41. The van der Waals surface area contributed by atoms with Gasteiger partial charge in [0.1, 0.15) is 0 Å². The third-order valence-electron chi connectivity index (χ3n) is 3.54. The third-order valence-corrected chi connectivity index (χ3v) is 3.54. The summed E-state index contributed by atoms with van der Waals surface area (Å²) in [6.07, 6.45) is 10.5. The fourth-order valence-electron chi connectivity index (χ4n) is 2.49. The molecule has 0 aromatic heterocycles. The van der Waals surface area contributed by atoms with Crippen molar-refractivity contribution in [3.63, 3.8) is 0 Å². The lowest BCUT2D eigenvalue weighted by molar-refractivity contribution is 0.0371. The maximum absolute atomic E-state index is 10.1. The summed E-state index contributed by atoms with van der Waals surface area (Å²) in [5.74, 6) is 1.01. The summed E-state index contributed by atoms with van der Waals surface area (Å²) >= 11 is 0. The van der Waals surface area contributed by atoms with Gasteiger partial charge in [0, 0.05) is 0 Å². The summed E-state index contributed by atoms with van der Waals surface area (Å²) in [5.41, 5.74) is 0. The van der Waals surface area contributed by atoms with E-state index >= 15 is 0 Å². The Labute approximate surface area is 88.2 Å². The highest BCUT2D eigenvalue weighted by atomic mass is 16.3. The fourth-order valence-corrected chi connectivity index (χ4v) is 2.49. The van der Waals surface area contributed by atoms with Crippen LogP contribution in [0, 0.1) is 11.8 Å². The summed E-state index contributed by atoms with van der Waals surface area (Å²) in [6, 6.07) is 0. The lowest BCUT2D eigenvalue weighted by Crippen LogP contribution is -2.29. The molecule has 0 heterocycles. The van der Waals surface area contributed by atoms with Crippen molar-refractivity contribution in [1.82, 2.24) is 0 Å². The summed E-state index contributed by atoms with van der Waals surface area (Å²) in [6.45, 7) is 5.89. The van der Waals surface area contributed by atoms with Crippen molar-refractivity contribution in [2.75, 3.05) is 0 Å². The first-order chi connectivity index (χ1) is 6.75. The summed E-state index contributed by atoms with van der Waals surface area (Å²) < 4.78 is 0. The molecule has 0 amide bonds. The third kappa shape index (κ3) is 3.45. The molecule has 1 N–H and O–H groups in total. The van der Waals surface area contributed by atoms with Gasteiger partial charge in [0.2, 0.25) is 0 Å². The SMILES string of the molecule is C=CCCC(C)C(O)C1CCCCC1. The highest BCUT2D eigenvalue weighted by Gasteiger charge is 2.25. The zero-order valence-corrected chi connectivity index (χ0v) is 9.41. The number of hydrogen-bond acceptors (Lipinski definition) is 1. The molecule has 2 atom stereocenters. The first kappa shape index (κ1) is 11.8. The van der Waals surface area contributed by atoms with E-state index in [1.54, 1.807) is 0 Å². The first-order valence-corrected chi connectivity index (χ1v) is 6.04. The Hall–Kier alpha value is -0.300. The standard InChI is InChI=1S/C13H24O/c1-3-4-8-11(2)13(14)12-9-6-5-7-10-12/h3,11-14H,1,4-10H2,2H3. The highest BCUT2D eigenvalue weighted by Crippen LogP contribution is 2.30. The molecule has 0 radical (unpaired) electrons. The minimum absolute atomic E-state index is 0.0738. The van der Waals surface area contributed by atoms with Crippen LogP contribution in [-0.4, -0.2) is 11.2 Å². The normalized spacial score (nSPS) is 23.0. The molecule has 1 aliphatic rings. The fraction of sp³-hybridized carbons (Fsp3) is 0.846. The maximum atomic E-state index is 10.1. The second-order valence-electron chi connectivity index (χ2n) is 4.73. The molecule has 1 aliphatic carbocycles. The van der Waals surface area contributed by atoms with Gasteiger partial charge < -0.3 is 5.11 Å². The summed E-state index contributed by atoms with van der Waals surface area (Å²) in [7, 11) is 0. The van der Waals surface area contributed by atoms with Gasteiger partial charge in [0.05, 0.1) is 6.10 Å². The molecule has 0 spiro atoms. The van der Waals surface area contributed by atoms with Crippen LogP contribution in [-0.2, 0) is 0 Å². The van der Waals surface area contributed by atoms with Crippen molar-refractivity contribution < 1.29 is 5.11 Å². The lowest BCUT2D eigenvalue weighted by Gasteiger charge is -2.30. The van der Waals surface area contributed by atoms with Gasteiger partial charge in [-0.25, -0.2) is 0 Å². The minimum Gasteiger partial charge on any atom is -0.393 e. The molecule has 2 unspecified atom stereocenters. The average molecular weight is 196 g/mol. The van der Waals surface area contributed by atoms with Crippen LogP contribution < -0.4 is 0 Å². The second-order valence-corrected chi connectivity index (χ2v) is 4.73. The molecule has 0 aromatic carbocycles. The topological polar surface area (TPSA) is 20.2 Å². The number of aliphatic hydroxyl groups excluding tert-OH is 1. The van der Waals surface area contributed by atoms with Gasteiger partial charge in [-0.15, -0.1) is 6.58 Å². The molecular formula is C13H24O. The van der Waals surface area contributed by atoms with Crippen LogP contribution in [0.3, 0.4) is 0 Å². The van der Waals surface area contributed by atoms with Crippen LogP contribution >= 0.6 is 0 Å². The van der Waals surface area contributed by atoms with E-state index in [-0.39, 0.29) is 6.10 Å². The van der Waals surface area contributed by atoms with Crippen molar-refractivity contribution >= 4 is 0 Å². The molecule has 0 bridgehead atoms. The van der Waals surface area contributed by atoms with Gasteiger partial charge >= 0.3 is 0 Å². The van der Waals surface area contributed by atoms with Crippen molar-refractivity contribution in [2.24, 2.45) is 11.8 Å². The maximum Gasteiger partial charge on any atom is 0.0594 e. The zero-order chi connectivity index (χ0) is 10.4. The Morgan fingerprint density at radius 1 is 1.36 bits per heavy atom. The van der Waals surface area contributed by atoms with Crippen LogP contribution in [0.5, 0.6) is 0 Å². The van der Waals surface area contributed by atoms with Gasteiger partial charge in [-0.3, -0.25) is 0 Å². The molecule has 0 saturated heterocycles. The lowest BCUT2D eigenvalue weighted by atomic mass is 9.80. The van der Waals surface area contributed by atoms with E-state index in [1.165, 1.54) is 32.1 Å². The molecule has 14 heavy (non-hydrogen) atoms. The van der Waals surface area contributed by atoms with E-state index in [0.29, 0.717) is 11.8 Å². The van der Waals surface area contributed by atoms with Crippen molar-refractivity contribution in [2.45, 2.75) is 58.0 Å². The highest BCUT2D eigenvalue weighted by molar-refractivity contribution is 4.79. The molecule has 82 valence electrons. The number of aliphatic hydroxyl groups is 1. The quantitative estimate of drug-likeness (QED) is 0.667. The number of hydrogen-bond donors (Lipinski definition) is 1. The van der Waals surface area contributed by atoms with E-state index in [9.17, 15) is 5.11 Å². The van der Waals surface area contributed by atoms with E-state index in [4.69, 9.17) is 0 Å². The average Bonchev–Trinajstić information content (AvgIpc) is 2.26. The van der Waals surface area contributed by atoms with Crippen LogP contribution in [0.15, 0.2) is 12.7 Å². The van der Waals surface area contributed by atoms with Gasteiger partial charge in [-0.05, 0) is 37.5 Å². The second kappa shape index (κ2) is 6.23. The van der Waals surface area contributed by atoms with Gasteiger partial charge in [-0.1, -0.05) is 32.3 Å². The molecule has 0 aromatic rings. The Balaban J connectivity index is 2.29. The molecule has 1 nitrogen and oxygen atoms in total. The van der Waals surface area contributed by atoms with Gasteiger partial charge in [0.15, 0.2) is 0 Å². The molecular weight excluding hydrogens is 172 g/mol. The van der Waals surface area contributed by atoms with Crippen molar-refractivity contribution in [3.8, 4) is 0 Å². The Morgan fingerprint density at radius 3 is 2.57 bits per heavy atom. The van der Waals surface area contributed by atoms with E-state index in [2.05, 4.69) is 13.5 Å². The monoisotopic (exact) mass is 196 g/mol. The predicted octanol–water partition coefficient (Wildman–Crippen LogP) is 3.53. The smallest absolute Gasteiger partial charge is 0.0594 e. The number of rotatable bonds is 5. The molecule has 1 heteroatoms. The van der Waals surface area contributed by atoms with Crippen LogP contribution in [0.1, 0.15) is 51.9 Å². The van der Waals surface area contributed by atoms with Crippen molar-refractivity contribution in [1.29, 1.82) is 0 Å².